The van der Waals surface area contributed by atoms with Crippen LogP contribution in [-0.2, 0) is 9.39 Å². The number of rotatable bonds is 6. The number of nitrogens with zero attached hydrogens (tertiary/aromatic N) is 2. The van der Waals surface area contributed by atoms with Gasteiger partial charge in [0.15, 0.2) is 0 Å². The maximum absolute atomic E-state index is 12.3. The quantitative estimate of drug-likeness (QED) is 0.663. The summed E-state index contributed by atoms with van der Waals surface area (Å²) in [5, 5.41) is 10.2. The van der Waals surface area contributed by atoms with Gasteiger partial charge in [0.25, 0.3) is 5.91 Å². The maximum atomic E-state index is 12.3. The molecular formula is C22H35BN3O5. The predicted molar refractivity (Wildman–Crippen MR) is 122 cm³/mol. The van der Waals surface area contributed by atoms with Gasteiger partial charge >= 0.3 is 13.6 Å². The van der Waals surface area contributed by atoms with E-state index in [9.17, 15) is 14.7 Å². The van der Waals surface area contributed by atoms with Gasteiger partial charge in [-0.15, -0.1) is 0 Å². The second-order valence-corrected chi connectivity index (χ2v) is 9.90. The van der Waals surface area contributed by atoms with Crippen LogP contribution in [0, 0.1) is 0 Å². The van der Waals surface area contributed by atoms with Crippen molar-refractivity contribution in [2.24, 2.45) is 5.73 Å². The van der Waals surface area contributed by atoms with Crippen molar-refractivity contribution in [2.75, 3.05) is 31.1 Å². The lowest BCUT2D eigenvalue weighted by atomic mass is 9.82. The van der Waals surface area contributed by atoms with E-state index in [1.807, 2.05) is 37.8 Å². The molecule has 171 valence electrons. The number of benzene rings is 1. The summed E-state index contributed by atoms with van der Waals surface area (Å²) in [6.07, 6.45) is -0.334. The molecule has 8 nitrogen and oxygen atoms in total. The van der Waals surface area contributed by atoms with Crippen LogP contribution < -0.4 is 16.1 Å². The van der Waals surface area contributed by atoms with Crippen LogP contribution in [0.15, 0.2) is 18.2 Å². The molecule has 1 aliphatic heterocycles. The van der Waals surface area contributed by atoms with Gasteiger partial charge in [-0.25, -0.2) is 4.79 Å². The fraction of sp³-hybridized carbons (Fsp3) is 0.636. The van der Waals surface area contributed by atoms with E-state index in [0.717, 1.165) is 5.69 Å². The summed E-state index contributed by atoms with van der Waals surface area (Å²) in [6, 6.07) is 5.34. The Bertz CT molecular complexity index is 806. The number of carbonyl (C=O) groups excluding carboxylic acids is 2. The minimum atomic E-state index is -1.05. The molecule has 9 heteroatoms. The van der Waals surface area contributed by atoms with Gasteiger partial charge in [0.1, 0.15) is 5.60 Å². The van der Waals surface area contributed by atoms with Crippen molar-refractivity contribution < 1.29 is 24.1 Å². The number of primary amides is 1. The molecule has 0 spiro atoms. The number of amides is 2. The van der Waals surface area contributed by atoms with E-state index in [1.165, 1.54) is 7.48 Å². The van der Waals surface area contributed by atoms with Crippen molar-refractivity contribution in [2.45, 2.75) is 65.3 Å². The van der Waals surface area contributed by atoms with Crippen LogP contribution in [-0.4, -0.2) is 72.5 Å². The molecule has 1 heterocycles. The number of ether oxygens (including phenoxy) is 1. The second kappa shape index (κ2) is 9.08. The number of hydrogen-bond donors (Lipinski definition) is 2. The molecule has 1 fully saturated rings. The van der Waals surface area contributed by atoms with Gasteiger partial charge in [-0.05, 0) is 54.5 Å². The number of aliphatic hydroxyl groups is 1. The summed E-state index contributed by atoms with van der Waals surface area (Å²) in [6.45, 7) is 14.5. The maximum Gasteiger partial charge on any atom is 0.410 e. The third kappa shape index (κ3) is 6.61. The Morgan fingerprint density at radius 1 is 1.03 bits per heavy atom. The van der Waals surface area contributed by atoms with Crippen molar-refractivity contribution in [1.29, 1.82) is 0 Å². The largest absolute Gasteiger partial charge is 0.444 e. The van der Waals surface area contributed by atoms with Crippen LogP contribution in [0.5, 0.6) is 0 Å². The summed E-state index contributed by atoms with van der Waals surface area (Å²) in [5.74, 6) is -0.540. The van der Waals surface area contributed by atoms with Gasteiger partial charge in [-0.3, -0.25) is 4.79 Å². The van der Waals surface area contributed by atoms with Crippen molar-refractivity contribution in [3.63, 3.8) is 0 Å². The molecule has 2 rings (SSSR count). The fourth-order valence-corrected chi connectivity index (χ4v) is 2.92. The Hall–Kier alpha value is -2.26. The van der Waals surface area contributed by atoms with E-state index in [0.29, 0.717) is 37.2 Å². The number of nitrogens with two attached hydrogens (primary N) is 1. The average Bonchev–Trinajstić information content (AvgIpc) is 2.64. The molecule has 0 bridgehead atoms. The fourth-order valence-electron chi connectivity index (χ4n) is 2.92. The average molecular weight is 432 g/mol. The number of anilines is 1. The zero-order valence-corrected chi connectivity index (χ0v) is 19.7. The highest BCUT2D eigenvalue weighted by atomic mass is 16.6. The topological polar surface area (TPSA) is 105 Å². The number of carbonyl (C=O) groups is 2. The molecule has 0 aliphatic carbocycles. The van der Waals surface area contributed by atoms with Gasteiger partial charge in [-0.2, -0.15) is 0 Å². The van der Waals surface area contributed by atoms with Gasteiger partial charge in [0.2, 0.25) is 0 Å². The highest BCUT2D eigenvalue weighted by Gasteiger charge is 2.36. The smallest absolute Gasteiger partial charge is 0.410 e. The van der Waals surface area contributed by atoms with E-state index in [1.54, 1.807) is 38.7 Å². The summed E-state index contributed by atoms with van der Waals surface area (Å²) in [4.78, 5) is 28.1. The Balaban J connectivity index is 2.09. The van der Waals surface area contributed by atoms with E-state index >= 15 is 0 Å². The van der Waals surface area contributed by atoms with Crippen LogP contribution >= 0.6 is 0 Å². The molecule has 3 N–H and O–H groups in total. The first-order valence-corrected chi connectivity index (χ1v) is 10.5. The summed E-state index contributed by atoms with van der Waals surface area (Å²) >= 11 is 0. The van der Waals surface area contributed by atoms with Gasteiger partial charge in [0, 0.05) is 31.9 Å². The standard InChI is InChI=1S/C22H35BN3O5/c1-20(2,3)30-19(28)26-12-10-25(11-13-26)17-9-8-15(14-16(17)18(24)27)23-31-22(6,7)21(4,5)29/h8-9,14,29H,10-13H2,1-7H3,(H2,24,27). The molecule has 0 unspecified atom stereocenters. The first kappa shape index (κ1) is 25.0. The monoisotopic (exact) mass is 432 g/mol. The molecule has 0 atom stereocenters. The van der Waals surface area contributed by atoms with Gasteiger partial charge in [-0.1, -0.05) is 17.6 Å². The Morgan fingerprint density at radius 3 is 2.10 bits per heavy atom. The minimum Gasteiger partial charge on any atom is -0.444 e. The lowest BCUT2D eigenvalue weighted by Gasteiger charge is -2.38. The zero-order chi connectivity index (χ0) is 23.6. The number of piperazine rings is 1. The van der Waals surface area contributed by atoms with Crippen LogP contribution in [0.4, 0.5) is 10.5 Å². The van der Waals surface area contributed by atoms with E-state index in [2.05, 4.69) is 0 Å². The molecule has 31 heavy (non-hydrogen) atoms. The summed E-state index contributed by atoms with van der Waals surface area (Å²) in [5.41, 5.74) is 4.99. The highest BCUT2D eigenvalue weighted by molar-refractivity contribution is 6.47. The van der Waals surface area contributed by atoms with E-state index < -0.39 is 22.7 Å². The molecule has 1 aliphatic rings. The lowest BCUT2D eigenvalue weighted by Crippen LogP contribution is -2.50. The van der Waals surface area contributed by atoms with Crippen LogP contribution in [0.2, 0.25) is 0 Å². The SMILES string of the molecule is CC(C)(C)OC(=O)N1CCN(c2ccc([B]OC(C)(C)C(C)(C)O)cc2C(N)=O)CC1. The van der Waals surface area contributed by atoms with Crippen LogP contribution in [0.3, 0.4) is 0 Å². The second-order valence-electron chi connectivity index (χ2n) is 9.90. The molecule has 1 aromatic rings. The Labute approximate surface area is 185 Å². The highest BCUT2D eigenvalue weighted by Crippen LogP contribution is 2.25. The zero-order valence-electron chi connectivity index (χ0n) is 19.7. The molecule has 1 saturated heterocycles. The lowest BCUT2D eigenvalue weighted by molar-refractivity contribution is -0.0893. The third-order valence-electron chi connectivity index (χ3n) is 5.52. The van der Waals surface area contributed by atoms with Crippen molar-refractivity contribution >= 4 is 30.6 Å². The molecule has 0 saturated carbocycles. The Kier molecular flexibility index (Phi) is 7.33. The number of hydrogen-bond acceptors (Lipinski definition) is 6. The van der Waals surface area contributed by atoms with E-state index in [-0.39, 0.29) is 6.09 Å². The predicted octanol–water partition coefficient (Wildman–Crippen LogP) is 1.65. The first-order valence-electron chi connectivity index (χ1n) is 10.5. The van der Waals surface area contributed by atoms with Gasteiger partial charge in [0.05, 0.1) is 16.8 Å². The molecule has 1 aromatic carbocycles. The Morgan fingerprint density at radius 2 is 1.61 bits per heavy atom. The molecule has 0 aromatic heterocycles. The molecule has 2 amide bonds. The normalized spacial score (nSPS) is 15.6. The van der Waals surface area contributed by atoms with Crippen LogP contribution in [0.25, 0.3) is 0 Å². The third-order valence-corrected chi connectivity index (χ3v) is 5.52. The van der Waals surface area contributed by atoms with Crippen LogP contribution in [0.1, 0.15) is 58.8 Å². The van der Waals surface area contributed by atoms with E-state index in [4.69, 9.17) is 15.1 Å². The first-order chi connectivity index (χ1) is 14.1. The minimum absolute atomic E-state index is 0.334. The van der Waals surface area contributed by atoms with Crippen molar-refractivity contribution in [3.05, 3.63) is 23.8 Å². The van der Waals surface area contributed by atoms with Crippen molar-refractivity contribution in [3.8, 4) is 0 Å². The summed E-state index contributed by atoms with van der Waals surface area (Å²) in [7, 11) is 1.52. The van der Waals surface area contributed by atoms with Crippen molar-refractivity contribution in [1.82, 2.24) is 4.90 Å². The molecular weight excluding hydrogens is 397 g/mol. The molecule has 1 radical (unpaired) electrons. The summed E-state index contributed by atoms with van der Waals surface area (Å²) < 4.78 is 11.2. The van der Waals surface area contributed by atoms with Gasteiger partial charge < -0.3 is 30.0 Å².